The SMILES string of the molecule is N#CCNC(=O)CSc1nnc(CN)n1C1CC1. The molecule has 3 N–H and O–H groups in total. The van der Waals surface area contributed by atoms with Crippen LogP contribution in [0.2, 0.25) is 0 Å². The highest BCUT2D eigenvalue weighted by molar-refractivity contribution is 7.99. The van der Waals surface area contributed by atoms with Gasteiger partial charge in [0.05, 0.1) is 18.4 Å². The zero-order valence-corrected chi connectivity index (χ0v) is 10.6. The molecule has 0 spiro atoms. The number of hydrogen-bond donors (Lipinski definition) is 2. The topological polar surface area (TPSA) is 110 Å². The summed E-state index contributed by atoms with van der Waals surface area (Å²) < 4.78 is 2.02. The van der Waals surface area contributed by atoms with E-state index in [2.05, 4.69) is 15.5 Å². The fourth-order valence-corrected chi connectivity index (χ4v) is 2.42. The lowest BCUT2D eigenvalue weighted by Crippen LogP contribution is -2.25. The van der Waals surface area contributed by atoms with E-state index in [0.29, 0.717) is 12.6 Å². The van der Waals surface area contributed by atoms with Crippen LogP contribution < -0.4 is 11.1 Å². The number of thioether (sulfide) groups is 1. The maximum Gasteiger partial charge on any atom is 0.231 e. The maximum atomic E-state index is 11.4. The Morgan fingerprint density at radius 2 is 2.39 bits per heavy atom. The molecule has 1 aliphatic rings. The van der Waals surface area contributed by atoms with Crippen LogP contribution in [0.25, 0.3) is 0 Å². The van der Waals surface area contributed by atoms with Crippen molar-refractivity contribution in [1.82, 2.24) is 20.1 Å². The third kappa shape index (κ3) is 3.00. The fourth-order valence-electron chi connectivity index (χ4n) is 1.56. The van der Waals surface area contributed by atoms with Crippen LogP contribution in [0.3, 0.4) is 0 Å². The highest BCUT2D eigenvalue weighted by Gasteiger charge is 2.29. The van der Waals surface area contributed by atoms with Gasteiger partial charge in [0.1, 0.15) is 12.4 Å². The van der Waals surface area contributed by atoms with Crippen LogP contribution in [-0.2, 0) is 11.3 Å². The Morgan fingerprint density at radius 3 is 3.00 bits per heavy atom. The summed E-state index contributed by atoms with van der Waals surface area (Å²) in [5.74, 6) is 0.815. The number of aromatic nitrogens is 3. The van der Waals surface area contributed by atoms with Crippen molar-refractivity contribution in [2.24, 2.45) is 5.73 Å². The van der Waals surface area contributed by atoms with E-state index in [1.807, 2.05) is 10.6 Å². The molecule has 8 heteroatoms. The minimum atomic E-state index is -0.179. The van der Waals surface area contributed by atoms with Crippen molar-refractivity contribution < 1.29 is 4.79 Å². The van der Waals surface area contributed by atoms with Gasteiger partial charge in [-0.3, -0.25) is 4.79 Å². The zero-order valence-electron chi connectivity index (χ0n) is 9.80. The van der Waals surface area contributed by atoms with Crippen LogP contribution in [0.4, 0.5) is 0 Å². The van der Waals surface area contributed by atoms with Gasteiger partial charge in [-0.05, 0) is 12.8 Å². The molecule has 7 nitrogen and oxygen atoms in total. The van der Waals surface area contributed by atoms with E-state index < -0.39 is 0 Å². The van der Waals surface area contributed by atoms with Crippen molar-refractivity contribution >= 4 is 17.7 Å². The van der Waals surface area contributed by atoms with Gasteiger partial charge in [0.25, 0.3) is 0 Å². The van der Waals surface area contributed by atoms with Crippen LogP contribution in [0.1, 0.15) is 24.7 Å². The van der Waals surface area contributed by atoms with E-state index in [1.54, 1.807) is 0 Å². The molecule has 1 saturated carbocycles. The minimum absolute atomic E-state index is 0.0305. The lowest BCUT2D eigenvalue weighted by Gasteiger charge is -2.06. The van der Waals surface area contributed by atoms with Crippen molar-refractivity contribution in [3.63, 3.8) is 0 Å². The Bertz CT molecular complexity index is 475. The van der Waals surface area contributed by atoms with Crippen LogP contribution in [0.5, 0.6) is 0 Å². The average Bonchev–Trinajstić information content (AvgIpc) is 3.14. The molecule has 96 valence electrons. The van der Waals surface area contributed by atoms with E-state index >= 15 is 0 Å². The van der Waals surface area contributed by atoms with Gasteiger partial charge in [0.15, 0.2) is 5.16 Å². The minimum Gasteiger partial charge on any atom is -0.342 e. The second kappa shape index (κ2) is 5.84. The summed E-state index contributed by atoms with van der Waals surface area (Å²) in [5, 5.41) is 19.6. The third-order valence-corrected chi connectivity index (χ3v) is 3.47. The highest BCUT2D eigenvalue weighted by atomic mass is 32.2. The Morgan fingerprint density at radius 1 is 1.61 bits per heavy atom. The van der Waals surface area contributed by atoms with Crippen molar-refractivity contribution in [3.8, 4) is 6.07 Å². The summed E-state index contributed by atoms with van der Waals surface area (Å²) in [6, 6.07) is 2.29. The number of carbonyl (C=O) groups excluding carboxylic acids is 1. The molecule has 1 amide bonds. The van der Waals surface area contributed by atoms with E-state index in [-0.39, 0.29) is 18.2 Å². The summed E-state index contributed by atoms with van der Waals surface area (Å²) in [5.41, 5.74) is 5.60. The first kappa shape index (κ1) is 12.9. The molecule has 0 aliphatic heterocycles. The van der Waals surface area contributed by atoms with E-state index in [4.69, 9.17) is 11.0 Å². The van der Waals surface area contributed by atoms with E-state index in [0.717, 1.165) is 23.8 Å². The van der Waals surface area contributed by atoms with E-state index in [9.17, 15) is 4.79 Å². The summed E-state index contributed by atoms with van der Waals surface area (Å²) in [6.07, 6.45) is 2.22. The molecule has 0 saturated heterocycles. The van der Waals surface area contributed by atoms with Gasteiger partial charge in [0.2, 0.25) is 5.91 Å². The largest absolute Gasteiger partial charge is 0.342 e. The first-order valence-corrected chi connectivity index (χ1v) is 6.65. The van der Waals surface area contributed by atoms with Gasteiger partial charge in [-0.2, -0.15) is 5.26 Å². The second-order valence-corrected chi connectivity index (χ2v) is 4.87. The molecule has 1 aromatic rings. The molecule has 0 atom stereocenters. The number of nitrogens with one attached hydrogen (secondary N) is 1. The van der Waals surface area contributed by atoms with Gasteiger partial charge in [-0.15, -0.1) is 10.2 Å². The standard InChI is InChI=1S/C10H14N6OS/c11-3-4-13-9(17)6-18-10-15-14-8(5-12)16(10)7-1-2-7/h7H,1-2,4-6,12H2,(H,13,17). The number of nitrogens with zero attached hydrogens (tertiary/aromatic N) is 4. The summed E-state index contributed by atoms with van der Waals surface area (Å²) in [7, 11) is 0. The van der Waals surface area contributed by atoms with Crippen molar-refractivity contribution in [2.75, 3.05) is 12.3 Å². The summed E-state index contributed by atoms with van der Waals surface area (Å²) in [6.45, 7) is 0.382. The Kier molecular flexibility index (Phi) is 4.17. The molecule has 1 aliphatic carbocycles. The normalized spacial score (nSPS) is 14.2. The maximum absolute atomic E-state index is 11.4. The second-order valence-electron chi connectivity index (χ2n) is 3.93. The monoisotopic (exact) mass is 266 g/mol. The molecule has 2 rings (SSSR count). The molecular formula is C10H14N6OS. The number of carbonyl (C=O) groups is 1. The molecular weight excluding hydrogens is 252 g/mol. The highest BCUT2D eigenvalue weighted by Crippen LogP contribution is 2.38. The fraction of sp³-hybridized carbons (Fsp3) is 0.600. The number of rotatable bonds is 6. The first-order chi connectivity index (χ1) is 8.76. The van der Waals surface area contributed by atoms with Crippen LogP contribution in [-0.4, -0.2) is 33.0 Å². The van der Waals surface area contributed by atoms with Crippen molar-refractivity contribution in [2.45, 2.75) is 30.6 Å². The molecule has 0 aromatic carbocycles. The third-order valence-electron chi connectivity index (χ3n) is 2.53. The van der Waals surface area contributed by atoms with Gasteiger partial charge in [-0.25, -0.2) is 0 Å². The Hall–Kier alpha value is -1.59. The number of amides is 1. The Balaban J connectivity index is 1.95. The van der Waals surface area contributed by atoms with Gasteiger partial charge in [-0.1, -0.05) is 11.8 Å². The predicted octanol–water partition coefficient (Wildman–Crippen LogP) is -0.196. The molecule has 0 radical (unpaired) electrons. The van der Waals surface area contributed by atoms with Gasteiger partial charge >= 0.3 is 0 Å². The lowest BCUT2D eigenvalue weighted by molar-refractivity contribution is -0.118. The average molecular weight is 266 g/mol. The number of hydrogen-bond acceptors (Lipinski definition) is 6. The zero-order chi connectivity index (χ0) is 13.0. The smallest absolute Gasteiger partial charge is 0.231 e. The quantitative estimate of drug-likeness (QED) is 0.545. The van der Waals surface area contributed by atoms with Crippen LogP contribution >= 0.6 is 11.8 Å². The first-order valence-electron chi connectivity index (χ1n) is 5.66. The van der Waals surface area contributed by atoms with Crippen molar-refractivity contribution in [1.29, 1.82) is 5.26 Å². The predicted molar refractivity (Wildman–Crippen MR) is 65.5 cm³/mol. The van der Waals surface area contributed by atoms with Crippen molar-refractivity contribution in [3.05, 3.63) is 5.82 Å². The molecule has 0 unspecified atom stereocenters. The molecule has 0 bridgehead atoms. The summed E-state index contributed by atoms with van der Waals surface area (Å²) >= 11 is 1.32. The molecule has 1 aromatic heterocycles. The van der Waals surface area contributed by atoms with Gasteiger partial charge < -0.3 is 15.6 Å². The van der Waals surface area contributed by atoms with Crippen LogP contribution in [0.15, 0.2) is 5.16 Å². The number of nitrogens with two attached hydrogens (primary N) is 1. The molecule has 18 heavy (non-hydrogen) atoms. The summed E-state index contributed by atoms with van der Waals surface area (Å²) in [4.78, 5) is 11.4. The van der Waals surface area contributed by atoms with Gasteiger partial charge in [0, 0.05) is 6.04 Å². The van der Waals surface area contributed by atoms with E-state index in [1.165, 1.54) is 11.8 Å². The lowest BCUT2D eigenvalue weighted by atomic mass is 10.5. The molecule has 1 heterocycles. The van der Waals surface area contributed by atoms with Crippen LogP contribution in [0, 0.1) is 11.3 Å². The molecule has 1 fully saturated rings. The number of nitriles is 1. The Labute approximate surface area is 109 Å².